The molecule has 4 rings (SSSR count). The Hall–Kier alpha value is -1.79. The molecule has 0 saturated carbocycles. The van der Waals surface area contributed by atoms with Crippen molar-refractivity contribution >= 4 is 17.2 Å². The zero-order valence-corrected chi connectivity index (χ0v) is 13.5. The third-order valence-corrected chi connectivity index (χ3v) is 5.59. The van der Waals surface area contributed by atoms with E-state index in [0.29, 0.717) is 11.7 Å². The van der Waals surface area contributed by atoms with Gasteiger partial charge in [-0.05, 0) is 50.1 Å². The van der Waals surface area contributed by atoms with E-state index in [4.69, 9.17) is 0 Å². The highest BCUT2D eigenvalue weighted by molar-refractivity contribution is 7.13. The van der Waals surface area contributed by atoms with Crippen LogP contribution in [0.15, 0.2) is 29.6 Å². The second-order valence-electron chi connectivity index (χ2n) is 6.14. The van der Waals surface area contributed by atoms with Crippen molar-refractivity contribution in [1.29, 1.82) is 0 Å². The molecule has 6 heteroatoms. The Bertz CT molecular complexity index is 701. The van der Waals surface area contributed by atoms with Gasteiger partial charge in [-0.15, -0.1) is 11.3 Å². The minimum atomic E-state index is -0.268. The fraction of sp³-hybridized carbons (Fsp3) is 0.412. The maximum absolute atomic E-state index is 13.0. The quantitative estimate of drug-likeness (QED) is 0.920. The van der Waals surface area contributed by atoms with Gasteiger partial charge in [0, 0.05) is 29.6 Å². The minimum Gasteiger partial charge on any atom is -0.330 e. The minimum absolute atomic E-state index is 0.0332. The lowest BCUT2D eigenvalue weighted by Gasteiger charge is -2.27. The monoisotopic (exact) mass is 331 g/mol. The van der Waals surface area contributed by atoms with E-state index in [1.165, 1.54) is 23.5 Å². The Morgan fingerprint density at radius 3 is 2.83 bits per heavy atom. The van der Waals surface area contributed by atoms with E-state index in [0.717, 1.165) is 42.9 Å². The van der Waals surface area contributed by atoms with Crippen molar-refractivity contribution in [3.05, 3.63) is 41.2 Å². The van der Waals surface area contributed by atoms with E-state index >= 15 is 0 Å². The number of amides is 1. The van der Waals surface area contributed by atoms with Crippen LogP contribution < -0.4 is 5.32 Å². The van der Waals surface area contributed by atoms with Gasteiger partial charge >= 0.3 is 0 Å². The molecule has 1 N–H and O–H groups in total. The topological polar surface area (TPSA) is 45.2 Å². The van der Waals surface area contributed by atoms with Crippen molar-refractivity contribution in [3.8, 4) is 10.6 Å². The van der Waals surface area contributed by atoms with Crippen LogP contribution in [0.5, 0.6) is 0 Å². The molecule has 2 bridgehead atoms. The van der Waals surface area contributed by atoms with Gasteiger partial charge in [0.1, 0.15) is 16.5 Å². The molecular formula is C17H18FN3OS. The number of thiazole rings is 1. The highest BCUT2D eigenvalue weighted by Crippen LogP contribution is 2.31. The van der Waals surface area contributed by atoms with Gasteiger partial charge in [0.15, 0.2) is 0 Å². The molecule has 4 nitrogen and oxygen atoms in total. The molecule has 2 aromatic rings. The Labute approximate surface area is 138 Å². The van der Waals surface area contributed by atoms with E-state index < -0.39 is 0 Å². The van der Waals surface area contributed by atoms with E-state index in [1.807, 2.05) is 10.3 Å². The zero-order chi connectivity index (χ0) is 15.8. The van der Waals surface area contributed by atoms with Crippen molar-refractivity contribution in [3.63, 3.8) is 0 Å². The summed E-state index contributed by atoms with van der Waals surface area (Å²) in [6.45, 7) is 1.85. The van der Waals surface area contributed by atoms with Gasteiger partial charge in [-0.25, -0.2) is 9.37 Å². The molecular weight excluding hydrogens is 313 g/mol. The second-order valence-corrected chi connectivity index (χ2v) is 6.99. The number of hydrogen-bond acceptors (Lipinski definition) is 4. The summed E-state index contributed by atoms with van der Waals surface area (Å²) in [5, 5.41) is 5.98. The number of carbonyl (C=O) groups is 1. The Kier molecular flexibility index (Phi) is 3.87. The summed E-state index contributed by atoms with van der Waals surface area (Å²) in [5.74, 6) is -0.235. The van der Waals surface area contributed by atoms with Crippen LogP contribution in [-0.4, -0.2) is 41.0 Å². The van der Waals surface area contributed by atoms with Gasteiger partial charge in [0.2, 0.25) is 0 Å². The number of aromatic nitrogens is 1. The van der Waals surface area contributed by atoms with E-state index in [9.17, 15) is 9.18 Å². The highest BCUT2D eigenvalue weighted by atomic mass is 32.1. The van der Waals surface area contributed by atoms with Crippen LogP contribution in [-0.2, 0) is 0 Å². The molecule has 0 spiro atoms. The summed E-state index contributed by atoms with van der Waals surface area (Å²) in [5.41, 5.74) is 1.35. The number of nitrogens with zero attached hydrogens (tertiary/aromatic N) is 2. The van der Waals surface area contributed by atoms with Gasteiger partial charge < -0.3 is 10.2 Å². The number of fused-ring (bicyclic) bond motifs is 2. The average molecular weight is 331 g/mol. The highest BCUT2D eigenvalue weighted by Gasteiger charge is 2.39. The molecule has 2 atom stereocenters. The zero-order valence-electron chi connectivity index (χ0n) is 12.7. The lowest BCUT2D eigenvalue weighted by molar-refractivity contribution is 0.0675. The predicted octanol–water partition coefficient (Wildman–Crippen LogP) is 2.92. The van der Waals surface area contributed by atoms with Gasteiger partial charge in [-0.1, -0.05) is 0 Å². The molecule has 1 amide bonds. The third kappa shape index (κ3) is 2.77. The third-order valence-electron chi connectivity index (χ3n) is 4.70. The molecule has 2 saturated heterocycles. The van der Waals surface area contributed by atoms with Crippen LogP contribution in [0.1, 0.15) is 29.8 Å². The molecule has 2 aliphatic heterocycles. The summed E-state index contributed by atoms with van der Waals surface area (Å²) < 4.78 is 13.0. The van der Waals surface area contributed by atoms with E-state index in [1.54, 1.807) is 12.1 Å². The SMILES string of the molecule is O=C(c1csc(-c2ccc(F)cc2)n1)N1C2CCNCC1CC2. The van der Waals surface area contributed by atoms with Crippen LogP contribution >= 0.6 is 11.3 Å². The normalized spacial score (nSPS) is 23.8. The first kappa shape index (κ1) is 14.8. The number of benzene rings is 1. The van der Waals surface area contributed by atoms with E-state index in [2.05, 4.69) is 10.3 Å². The fourth-order valence-electron chi connectivity index (χ4n) is 3.54. The molecule has 0 aliphatic carbocycles. The molecule has 0 radical (unpaired) electrons. The molecule has 3 heterocycles. The molecule has 2 aliphatic rings. The van der Waals surface area contributed by atoms with Crippen LogP contribution in [0.25, 0.3) is 10.6 Å². The lowest BCUT2D eigenvalue weighted by Crippen LogP contribution is -2.42. The molecule has 2 unspecified atom stereocenters. The molecule has 23 heavy (non-hydrogen) atoms. The Balaban J connectivity index is 1.59. The smallest absolute Gasteiger partial charge is 0.273 e. The largest absolute Gasteiger partial charge is 0.330 e. The summed E-state index contributed by atoms with van der Waals surface area (Å²) in [7, 11) is 0. The fourth-order valence-corrected chi connectivity index (χ4v) is 4.34. The maximum atomic E-state index is 13.0. The maximum Gasteiger partial charge on any atom is 0.273 e. The summed E-state index contributed by atoms with van der Waals surface area (Å²) in [6.07, 6.45) is 3.17. The van der Waals surface area contributed by atoms with Crippen molar-refractivity contribution in [2.75, 3.05) is 13.1 Å². The van der Waals surface area contributed by atoms with Gasteiger partial charge in [-0.3, -0.25) is 4.79 Å². The summed E-state index contributed by atoms with van der Waals surface area (Å²) >= 11 is 1.43. The van der Waals surface area contributed by atoms with Crippen LogP contribution in [0.3, 0.4) is 0 Å². The van der Waals surface area contributed by atoms with Crippen LogP contribution in [0, 0.1) is 5.82 Å². The van der Waals surface area contributed by atoms with Crippen molar-refractivity contribution in [1.82, 2.24) is 15.2 Å². The molecule has 1 aromatic heterocycles. The molecule has 120 valence electrons. The first-order valence-corrected chi connectivity index (χ1v) is 8.85. The first-order valence-electron chi connectivity index (χ1n) is 7.97. The molecule has 2 fully saturated rings. The summed E-state index contributed by atoms with van der Waals surface area (Å²) in [6, 6.07) is 6.84. The average Bonchev–Trinajstić information content (AvgIpc) is 3.11. The standard InChI is InChI=1S/C17H18FN3OS/c18-12-3-1-11(2-4-12)16-20-15(10-23-16)17(22)21-13-5-6-14(21)9-19-8-7-13/h1-4,10,13-14,19H,5-9H2. The first-order chi connectivity index (χ1) is 11.2. The van der Waals surface area contributed by atoms with Gasteiger partial charge in [-0.2, -0.15) is 0 Å². The van der Waals surface area contributed by atoms with E-state index in [-0.39, 0.29) is 17.8 Å². The Morgan fingerprint density at radius 2 is 2.00 bits per heavy atom. The number of nitrogens with one attached hydrogen (secondary N) is 1. The predicted molar refractivity (Wildman–Crippen MR) is 88.0 cm³/mol. The number of hydrogen-bond donors (Lipinski definition) is 1. The van der Waals surface area contributed by atoms with Crippen molar-refractivity contribution in [2.45, 2.75) is 31.3 Å². The lowest BCUT2D eigenvalue weighted by atomic mass is 10.1. The summed E-state index contributed by atoms with van der Waals surface area (Å²) in [4.78, 5) is 19.4. The number of halogens is 1. The van der Waals surface area contributed by atoms with Crippen LogP contribution in [0.4, 0.5) is 4.39 Å². The Morgan fingerprint density at radius 1 is 1.22 bits per heavy atom. The van der Waals surface area contributed by atoms with Crippen LogP contribution in [0.2, 0.25) is 0 Å². The van der Waals surface area contributed by atoms with Crippen molar-refractivity contribution in [2.24, 2.45) is 0 Å². The van der Waals surface area contributed by atoms with Crippen molar-refractivity contribution < 1.29 is 9.18 Å². The second kappa shape index (κ2) is 6.02. The number of rotatable bonds is 2. The van der Waals surface area contributed by atoms with Gasteiger partial charge in [0.25, 0.3) is 5.91 Å². The number of carbonyl (C=O) groups excluding carboxylic acids is 1. The molecule has 1 aromatic carbocycles. The van der Waals surface area contributed by atoms with Gasteiger partial charge in [0.05, 0.1) is 0 Å².